The zero-order valence-electron chi connectivity index (χ0n) is 9.23. The summed E-state index contributed by atoms with van der Waals surface area (Å²) in [6, 6.07) is 3.41. The molecule has 7 heteroatoms. The molecular weight excluding hydrogens is 246 g/mol. The summed E-state index contributed by atoms with van der Waals surface area (Å²) in [5.74, 6) is -0.309. The molecule has 1 atom stereocenters. The second-order valence-electron chi connectivity index (χ2n) is 3.78. The number of aromatic nitrogens is 1. The molecule has 1 heterocycles. The van der Waals surface area contributed by atoms with Gasteiger partial charge in [-0.05, 0) is 12.0 Å². The van der Waals surface area contributed by atoms with Crippen LogP contribution in [0.3, 0.4) is 0 Å². The first-order valence-corrected chi connectivity index (χ1v) is 6.73. The Labute approximate surface area is 99.9 Å². The van der Waals surface area contributed by atoms with Crippen molar-refractivity contribution < 1.29 is 27.8 Å². The molecule has 3 N–H and O–H groups in total. The van der Waals surface area contributed by atoms with Gasteiger partial charge < -0.3 is 10.2 Å². The third kappa shape index (κ3) is 5.73. The predicted molar refractivity (Wildman–Crippen MR) is 59.8 cm³/mol. The lowest BCUT2D eigenvalue weighted by Crippen LogP contribution is -2.40. The normalized spacial score (nSPS) is 13.6. The summed E-state index contributed by atoms with van der Waals surface area (Å²) >= 11 is 0. The SMILES string of the molecule is O=S(=O)(O)CCc1cc[n+](C[C@@H](O)CO)cc1. The van der Waals surface area contributed by atoms with Crippen molar-refractivity contribution in [3.05, 3.63) is 30.1 Å². The number of aryl methyl sites for hydroxylation is 1. The first-order valence-electron chi connectivity index (χ1n) is 5.13. The third-order valence-corrected chi connectivity index (χ3v) is 2.96. The van der Waals surface area contributed by atoms with Gasteiger partial charge in [0.15, 0.2) is 18.9 Å². The smallest absolute Gasteiger partial charge is 0.265 e. The zero-order chi connectivity index (χ0) is 12.9. The van der Waals surface area contributed by atoms with Gasteiger partial charge in [-0.3, -0.25) is 4.55 Å². The lowest BCUT2D eigenvalue weighted by molar-refractivity contribution is -0.703. The molecule has 1 aromatic heterocycles. The number of nitrogens with zero attached hydrogens (tertiary/aromatic N) is 1. The molecule has 6 nitrogen and oxygen atoms in total. The van der Waals surface area contributed by atoms with E-state index in [1.165, 1.54) is 0 Å². The third-order valence-electron chi connectivity index (χ3n) is 2.24. The van der Waals surface area contributed by atoms with Crippen molar-refractivity contribution in [2.75, 3.05) is 12.4 Å². The molecular formula is C10H16NO5S+. The number of pyridine rings is 1. The van der Waals surface area contributed by atoms with Crippen LogP contribution in [0, 0.1) is 0 Å². The molecule has 1 aromatic rings. The largest absolute Gasteiger partial charge is 0.393 e. The molecule has 0 saturated carbocycles. The summed E-state index contributed by atoms with van der Waals surface area (Å²) in [4.78, 5) is 0. The van der Waals surface area contributed by atoms with Crippen molar-refractivity contribution in [3.8, 4) is 0 Å². The molecule has 0 unspecified atom stereocenters. The number of rotatable bonds is 6. The van der Waals surface area contributed by atoms with Gasteiger partial charge in [-0.15, -0.1) is 0 Å². The fraction of sp³-hybridized carbons (Fsp3) is 0.500. The van der Waals surface area contributed by atoms with Crippen LogP contribution in [0.15, 0.2) is 24.5 Å². The average molecular weight is 262 g/mol. The van der Waals surface area contributed by atoms with Crippen molar-refractivity contribution in [1.29, 1.82) is 0 Å². The van der Waals surface area contributed by atoms with Crippen molar-refractivity contribution >= 4 is 10.1 Å². The van der Waals surface area contributed by atoms with Crippen LogP contribution in [-0.4, -0.2) is 41.6 Å². The highest BCUT2D eigenvalue weighted by Gasteiger charge is 2.10. The van der Waals surface area contributed by atoms with Crippen LogP contribution in [0.25, 0.3) is 0 Å². The number of aliphatic hydroxyl groups is 2. The Kier molecular flexibility index (Phi) is 5.01. The zero-order valence-corrected chi connectivity index (χ0v) is 10.0. The summed E-state index contributed by atoms with van der Waals surface area (Å²) in [7, 11) is -3.94. The van der Waals surface area contributed by atoms with E-state index in [0.29, 0.717) is 0 Å². The van der Waals surface area contributed by atoms with Crippen LogP contribution in [0.2, 0.25) is 0 Å². The Hall–Kier alpha value is -1.02. The van der Waals surface area contributed by atoms with Gasteiger partial charge in [0.2, 0.25) is 0 Å². The number of hydrogen-bond donors (Lipinski definition) is 3. The molecule has 0 fully saturated rings. The average Bonchev–Trinajstić information content (AvgIpc) is 2.27. The van der Waals surface area contributed by atoms with E-state index in [1.54, 1.807) is 29.1 Å². The molecule has 0 aliphatic carbocycles. The van der Waals surface area contributed by atoms with Crippen LogP contribution < -0.4 is 4.57 Å². The van der Waals surface area contributed by atoms with Crippen molar-refractivity contribution in [3.63, 3.8) is 0 Å². The summed E-state index contributed by atoms with van der Waals surface area (Å²) < 4.78 is 31.4. The minimum absolute atomic E-state index is 0.238. The lowest BCUT2D eigenvalue weighted by Gasteiger charge is -2.03. The molecule has 0 aromatic carbocycles. The highest BCUT2D eigenvalue weighted by atomic mass is 32.2. The quantitative estimate of drug-likeness (QED) is 0.440. The number of aliphatic hydroxyl groups excluding tert-OH is 2. The van der Waals surface area contributed by atoms with E-state index in [-0.39, 0.29) is 25.3 Å². The highest BCUT2D eigenvalue weighted by molar-refractivity contribution is 7.85. The summed E-state index contributed by atoms with van der Waals surface area (Å²) in [5, 5.41) is 17.9. The molecule has 0 spiro atoms. The van der Waals surface area contributed by atoms with E-state index in [9.17, 15) is 13.5 Å². The summed E-state index contributed by atoms with van der Waals surface area (Å²) in [6.07, 6.45) is 2.78. The fourth-order valence-electron chi connectivity index (χ4n) is 1.32. The van der Waals surface area contributed by atoms with Crippen LogP contribution in [0.4, 0.5) is 0 Å². The standard InChI is InChI=1S/C10H15NO5S/c12-8-10(13)7-11-4-1-9(2-5-11)3-6-17(14,15)16/h1-2,4-5,10,12-13H,3,6-8H2/p+1/t10-/m1/s1. The molecule has 0 amide bonds. The molecule has 0 aliphatic heterocycles. The minimum Gasteiger partial charge on any atom is -0.393 e. The van der Waals surface area contributed by atoms with Crippen LogP contribution in [0.5, 0.6) is 0 Å². The molecule has 96 valence electrons. The van der Waals surface area contributed by atoms with Crippen molar-refractivity contribution in [1.82, 2.24) is 0 Å². The summed E-state index contributed by atoms with van der Waals surface area (Å²) in [5.41, 5.74) is 0.775. The molecule has 0 saturated heterocycles. The maximum absolute atomic E-state index is 10.5. The summed E-state index contributed by atoms with van der Waals surface area (Å²) in [6.45, 7) is -0.0351. The second-order valence-corrected chi connectivity index (χ2v) is 5.35. The van der Waals surface area contributed by atoms with E-state index in [0.717, 1.165) is 5.56 Å². The number of hydrogen-bond acceptors (Lipinski definition) is 4. The van der Waals surface area contributed by atoms with Gasteiger partial charge in [0, 0.05) is 12.1 Å². The predicted octanol–water partition coefficient (Wildman–Crippen LogP) is -1.24. The molecule has 0 radical (unpaired) electrons. The Morgan fingerprint density at radius 2 is 1.88 bits per heavy atom. The van der Waals surface area contributed by atoms with Gasteiger partial charge >= 0.3 is 0 Å². The first kappa shape index (κ1) is 14.0. The highest BCUT2D eigenvalue weighted by Crippen LogP contribution is 1.99. The fourth-order valence-corrected chi connectivity index (χ4v) is 1.82. The van der Waals surface area contributed by atoms with Gasteiger partial charge in [0.25, 0.3) is 10.1 Å². The van der Waals surface area contributed by atoms with Gasteiger partial charge in [-0.1, -0.05) is 0 Å². The topological polar surface area (TPSA) is 98.7 Å². The molecule has 17 heavy (non-hydrogen) atoms. The van der Waals surface area contributed by atoms with Crippen molar-refractivity contribution in [2.24, 2.45) is 0 Å². The van der Waals surface area contributed by atoms with Gasteiger partial charge in [-0.25, -0.2) is 4.57 Å². The molecule has 0 bridgehead atoms. The Bertz CT molecular complexity index is 442. The lowest BCUT2D eigenvalue weighted by atomic mass is 10.2. The first-order chi connectivity index (χ1) is 7.90. The Morgan fingerprint density at radius 1 is 1.29 bits per heavy atom. The van der Waals surface area contributed by atoms with Crippen LogP contribution in [0.1, 0.15) is 5.56 Å². The van der Waals surface area contributed by atoms with Crippen LogP contribution >= 0.6 is 0 Å². The monoisotopic (exact) mass is 262 g/mol. The van der Waals surface area contributed by atoms with Gasteiger partial charge in [0.1, 0.15) is 6.10 Å². The van der Waals surface area contributed by atoms with E-state index in [2.05, 4.69) is 0 Å². The minimum atomic E-state index is -3.94. The molecule has 0 aliphatic rings. The van der Waals surface area contributed by atoms with E-state index < -0.39 is 16.2 Å². The second kappa shape index (κ2) is 6.06. The van der Waals surface area contributed by atoms with Gasteiger partial charge in [0.05, 0.1) is 12.4 Å². The molecule has 1 rings (SSSR count). The van der Waals surface area contributed by atoms with E-state index in [1.807, 2.05) is 0 Å². The van der Waals surface area contributed by atoms with E-state index >= 15 is 0 Å². The van der Waals surface area contributed by atoms with E-state index in [4.69, 9.17) is 9.66 Å². The van der Waals surface area contributed by atoms with Crippen molar-refractivity contribution in [2.45, 2.75) is 19.1 Å². The Balaban J connectivity index is 2.56. The maximum Gasteiger partial charge on any atom is 0.265 e. The van der Waals surface area contributed by atoms with Crippen LogP contribution in [-0.2, 0) is 23.1 Å². The van der Waals surface area contributed by atoms with Gasteiger partial charge in [-0.2, -0.15) is 8.42 Å². The maximum atomic E-state index is 10.5. The Morgan fingerprint density at radius 3 is 2.35 bits per heavy atom.